The van der Waals surface area contributed by atoms with Gasteiger partial charge in [-0.05, 0) is 32.4 Å². The first-order valence-electron chi connectivity index (χ1n) is 7.14. The van der Waals surface area contributed by atoms with Crippen molar-refractivity contribution in [2.75, 3.05) is 20.3 Å². The number of carboxylic acids is 1. The van der Waals surface area contributed by atoms with Gasteiger partial charge in [0, 0.05) is 12.6 Å². The number of rotatable bonds is 8. The minimum Gasteiger partial charge on any atom is -0.497 e. The Kier molecular flexibility index (Phi) is 6.22. The Balaban J connectivity index is 2.89. The minimum absolute atomic E-state index is 0.0282. The molecule has 0 spiro atoms. The van der Waals surface area contributed by atoms with Crippen LogP contribution < -0.4 is 14.8 Å². The van der Waals surface area contributed by atoms with Gasteiger partial charge in [0.1, 0.15) is 11.5 Å². The van der Waals surface area contributed by atoms with Crippen LogP contribution in [-0.4, -0.2) is 37.2 Å². The summed E-state index contributed by atoms with van der Waals surface area (Å²) in [7, 11) is 1.54. The van der Waals surface area contributed by atoms with Crippen LogP contribution in [0.5, 0.6) is 11.5 Å². The normalized spacial score (nSPS) is 10.9. The van der Waals surface area contributed by atoms with Crippen LogP contribution in [0.4, 0.5) is 0 Å². The topological polar surface area (TPSA) is 84.9 Å². The molecule has 0 bridgehead atoms. The van der Waals surface area contributed by atoms with Crippen molar-refractivity contribution in [3.05, 3.63) is 23.8 Å². The minimum atomic E-state index is -1.04. The molecule has 0 aliphatic heterocycles. The molecule has 0 unspecified atom stereocenters. The third-order valence-electron chi connectivity index (χ3n) is 3.16. The summed E-state index contributed by atoms with van der Waals surface area (Å²) >= 11 is 0. The molecule has 0 aliphatic carbocycles. The van der Waals surface area contributed by atoms with Gasteiger partial charge >= 0.3 is 5.97 Å². The number of ether oxygens (including phenoxy) is 2. The fourth-order valence-electron chi connectivity index (χ4n) is 1.62. The van der Waals surface area contributed by atoms with Crippen molar-refractivity contribution >= 4 is 11.9 Å². The number of nitrogens with one attached hydrogen (secondary N) is 1. The summed E-state index contributed by atoms with van der Waals surface area (Å²) in [5.41, 5.74) is -0.678. The Hall–Kier alpha value is -2.24. The molecule has 0 heterocycles. The molecular formula is C16H23NO5. The van der Waals surface area contributed by atoms with Crippen LogP contribution in [0.2, 0.25) is 0 Å². The van der Waals surface area contributed by atoms with Gasteiger partial charge in [0.25, 0.3) is 5.91 Å². The molecule has 0 saturated carbocycles. The summed E-state index contributed by atoms with van der Waals surface area (Å²) in [5, 5.41) is 11.7. The van der Waals surface area contributed by atoms with E-state index in [1.54, 1.807) is 32.0 Å². The van der Waals surface area contributed by atoms with E-state index in [0.29, 0.717) is 23.7 Å². The first kappa shape index (κ1) is 17.8. The number of hydrogen-bond acceptors (Lipinski definition) is 4. The molecule has 122 valence electrons. The highest BCUT2D eigenvalue weighted by Crippen LogP contribution is 2.25. The maximum Gasteiger partial charge on any atom is 0.310 e. The number of carbonyl (C=O) groups is 2. The van der Waals surface area contributed by atoms with E-state index in [4.69, 9.17) is 14.6 Å². The number of carbonyl (C=O) groups excluding carboxylic acids is 1. The Bertz CT molecular complexity index is 539. The quantitative estimate of drug-likeness (QED) is 0.770. The molecule has 0 atom stereocenters. The molecule has 1 amide bonds. The number of methoxy groups -OCH3 is 1. The Morgan fingerprint density at radius 3 is 2.55 bits per heavy atom. The largest absolute Gasteiger partial charge is 0.497 e. The van der Waals surface area contributed by atoms with Crippen LogP contribution in [0.15, 0.2) is 18.2 Å². The Morgan fingerprint density at radius 1 is 1.32 bits per heavy atom. The van der Waals surface area contributed by atoms with Gasteiger partial charge < -0.3 is 19.9 Å². The molecule has 0 fully saturated rings. The first-order chi connectivity index (χ1) is 10.3. The fraction of sp³-hybridized carbons (Fsp3) is 0.500. The number of carboxylic acid groups (broad SMARTS) is 1. The van der Waals surface area contributed by atoms with Gasteiger partial charge in [0.15, 0.2) is 0 Å². The maximum absolute atomic E-state index is 12.3. The van der Waals surface area contributed by atoms with E-state index in [1.165, 1.54) is 7.11 Å². The molecule has 1 aromatic rings. The molecule has 6 heteroatoms. The van der Waals surface area contributed by atoms with Crippen LogP contribution in [0.25, 0.3) is 0 Å². The summed E-state index contributed by atoms with van der Waals surface area (Å²) < 4.78 is 10.7. The van der Waals surface area contributed by atoms with E-state index in [9.17, 15) is 9.59 Å². The molecule has 22 heavy (non-hydrogen) atoms. The average molecular weight is 309 g/mol. The second kappa shape index (κ2) is 7.68. The number of benzene rings is 1. The lowest BCUT2D eigenvalue weighted by Gasteiger charge is -2.20. The van der Waals surface area contributed by atoms with Crippen LogP contribution in [-0.2, 0) is 4.79 Å². The van der Waals surface area contributed by atoms with Crippen LogP contribution in [0.1, 0.15) is 37.6 Å². The number of hydrogen-bond donors (Lipinski definition) is 2. The first-order valence-corrected chi connectivity index (χ1v) is 7.14. The van der Waals surface area contributed by atoms with E-state index in [2.05, 4.69) is 5.32 Å². The standard InChI is InChI=1S/C16H23NO5/c1-5-8-22-13-9-11(21-4)6-7-12(13)14(18)17-10-16(2,3)15(19)20/h6-7,9H,5,8,10H2,1-4H3,(H,17,18)(H,19,20). The van der Waals surface area contributed by atoms with Crippen molar-refractivity contribution in [1.29, 1.82) is 0 Å². The molecule has 0 radical (unpaired) electrons. The third-order valence-corrected chi connectivity index (χ3v) is 3.16. The van der Waals surface area contributed by atoms with Crippen LogP contribution in [0, 0.1) is 5.41 Å². The average Bonchev–Trinajstić information content (AvgIpc) is 2.50. The molecule has 0 aromatic heterocycles. The molecule has 0 aliphatic rings. The Labute approximate surface area is 130 Å². The highest BCUT2D eigenvalue weighted by atomic mass is 16.5. The summed E-state index contributed by atoms with van der Waals surface area (Å²) in [4.78, 5) is 23.3. The van der Waals surface area contributed by atoms with Crippen molar-refractivity contribution in [1.82, 2.24) is 5.32 Å². The summed E-state index contributed by atoms with van der Waals surface area (Å²) in [6.07, 6.45) is 0.810. The maximum atomic E-state index is 12.3. The van der Waals surface area contributed by atoms with E-state index < -0.39 is 11.4 Å². The smallest absolute Gasteiger partial charge is 0.310 e. The summed E-state index contributed by atoms with van der Waals surface area (Å²) in [6.45, 7) is 5.58. The van der Waals surface area contributed by atoms with Gasteiger partial charge in [-0.15, -0.1) is 0 Å². The fourth-order valence-corrected chi connectivity index (χ4v) is 1.62. The van der Waals surface area contributed by atoms with Gasteiger partial charge in [-0.25, -0.2) is 0 Å². The zero-order valence-electron chi connectivity index (χ0n) is 13.4. The molecule has 1 aromatic carbocycles. The zero-order valence-corrected chi connectivity index (χ0v) is 13.4. The van der Waals surface area contributed by atoms with Crippen molar-refractivity contribution in [2.24, 2.45) is 5.41 Å². The van der Waals surface area contributed by atoms with E-state index in [0.717, 1.165) is 6.42 Å². The van der Waals surface area contributed by atoms with E-state index in [-0.39, 0.29) is 12.5 Å². The van der Waals surface area contributed by atoms with Gasteiger partial charge in [-0.2, -0.15) is 0 Å². The van der Waals surface area contributed by atoms with Gasteiger partial charge in [-0.1, -0.05) is 6.92 Å². The second-order valence-electron chi connectivity index (χ2n) is 5.58. The SMILES string of the molecule is CCCOc1cc(OC)ccc1C(=O)NCC(C)(C)C(=O)O. The molecule has 0 saturated heterocycles. The predicted molar refractivity (Wildman–Crippen MR) is 82.5 cm³/mol. The lowest BCUT2D eigenvalue weighted by atomic mass is 9.94. The van der Waals surface area contributed by atoms with Gasteiger partial charge in [0.2, 0.25) is 0 Å². The van der Waals surface area contributed by atoms with Crippen LogP contribution in [0.3, 0.4) is 0 Å². The molecular weight excluding hydrogens is 286 g/mol. The highest BCUT2D eigenvalue weighted by molar-refractivity contribution is 5.97. The molecule has 6 nitrogen and oxygen atoms in total. The highest BCUT2D eigenvalue weighted by Gasteiger charge is 2.28. The zero-order chi connectivity index (χ0) is 16.8. The Morgan fingerprint density at radius 2 is 2.00 bits per heavy atom. The van der Waals surface area contributed by atoms with Crippen molar-refractivity contribution in [3.63, 3.8) is 0 Å². The van der Waals surface area contributed by atoms with Crippen molar-refractivity contribution in [2.45, 2.75) is 27.2 Å². The van der Waals surface area contributed by atoms with Gasteiger partial charge in [0.05, 0.1) is 24.7 Å². The summed E-state index contributed by atoms with van der Waals surface area (Å²) in [6, 6.07) is 4.91. The molecule has 2 N–H and O–H groups in total. The lowest BCUT2D eigenvalue weighted by molar-refractivity contribution is -0.146. The summed E-state index contributed by atoms with van der Waals surface area (Å²) in [5.74, 6) is -0.326. The second-order valence-corrected chi connectivity index (χ2v) is 5.58. The van der Waals surface area contributed by atoms with Crippen LogP contribution >= 0.6 is 0 Å². The van der Waals surface area contributed by atoms with Crippen molar-refractivity contribution in [3.8, 4) is 11.5 Å². The lowest BCUT2D eigenvalue weighted by Crippen LogP contribution is -2.39. The van der Waals surface area contributed by atoms with E-state index >= 15 is 0 Å². The third kappa shape index (κ3) is 4.65. The van der Waals surface area contributed by atoms with E-state index in [1.807, 2.05) is 6.92 Å². The monoisotopic (exact) mass is 309 g/mol. The van der Waals surface area contributed by atoms with Gasteiger partial charge in [-0.3, -0.25) is 9.59 Å². The number of aliphatic carboxylic acids is 1. The predicted octanol–water partition coefficient (Wildman–Crippen LogP) is 2.32. The van der Waals surface area contributed by atoms with Crippen molar-refractivity contribution < 1.29 is 24.2 Å². The number of amides is 1. The molecule has 1 rings (SSSR count).